The van der Waals surface area contributed by atoms with Gasteiger partial charge in [0, 0.05) is 12.2 Å². The summed E-state index contributed by atoms with van der Waals surface area (Å²) in [5.74, 6) is 0. The van der Waals surface area contributed by atoms with Gasteiger partial charge in [0.25, 0.3) is 5.56 Å². The third kappa shape index (κ3) is 1.84. The Labute approximate surface area is 83.3 Å². The van der Waals surface area contributed by atoms with Crippen LogP contribution in [0.4, 0.5) is 18.9 Å². The van der Waals surface area contributed by atoms with Gasteiger partial charge < -0.3 is 10.3 Å². The summed E-state index contributed by atoms with van der Waals surface area (Å²) in [6.45, 7) is 0. The summed E-state index contributed by atoms with van der Waals surface area (Å²) in [5, 5.41) is 0. The fourth-order valence-corrected chi connectivity index (χ4v) is 1.40. The van der Waals surface area contributed by atoms with E-state index in [2.05, 4.69) is 0 Å². The third-order valence-corrected chi connectivity index (χ3v) is 2.34. The van der Waals surface area contributed by atoms with Crippen molar-refractivity contribution in [3.8, 4) is 0 Å². The van der Waals surface area contributed by atoms with Gasteiger partial charge in [0.1, 0.15) is 0 Å². The van der Waals surface area contributed by atoms with Crippen LogP contribution in [0, 0.1) is 0 Å². The second-order valence-electron chi connectivity index (χ2n) is 3.63. The zero-order valence-electron chi connectivity index (χ0n) is 7.71. The van der Waals surface area contributed by atoms with Crippen LogP contribution in [0.3, 0.4) is 0 Å². The molecule has 6 heteroatoms. The highest BCUT2D eigenvalue weighted by molar-refractivity contribution is 5.39. The molecule has 1 heterocycles. The molecule has 0 radical (unpaired) electrons. The minimum absolute atomic E-state index is 0.109. The van der Waals surface area contributed by atoms with Gasteiger partial charge in [0.2, 0.25) is 0 Å². The molecule has 3 nitrogen and oxygen atoms in total. The van der Waals surface area contributed by atoms with E-state index in [-0.39, 0.29) is 11.7 Å². The summed E-state index contributed by atoms with van der Waals surface area (Å²) in [4.78, 5) is 11.4. The highest BCUT2D eigenvalue weighted by atomic mass is 19.4. The highest BCUT2D eigenvalue weighted by Crippen LogP contribution is 2.36. The molecule has 1 fully saturated rings. The van der Waals surface area contributed by atoms with Crippen LogP contribution in [-0.4, -0.2) is 4.57 Å². The molecule has 2 rings (SSSR count). The Hall–Kier alpha value is -1.46. The molecule has 0 amide bonds. The van der Waals surface area contributed by atoms with Crippen molar-refractivity contribution in [2.24, 2.45) is 0 Å². The maximum Gasteiger partial charge on any atom is 0.417 e. The molecule has 0 saturated heterocycles. The minimum Gasteiger partial charge on any atom is -0.394 e. The SMILES string of the molecule is Nc1cc(C(F)(F)F)cn(C2CC2)c1=O. The lowest BCUT2D eigenvalue weighted by atomic mass is 10.2. The summed E-state index contributed by atoms with van der Waals surface area (Å²) in [7, 11) is 0. The number of nitrogens with two attached hydrogens (primary N) is 1. The molecule has 1 aromatic heterocycles. The Morgan fingerprint density at radius 1 is 1.40 bits per heavy atom. The van der Waals surface area contributed by atoms with E-state index in [9.17, 15) is 18.0 Å². The normalized spacial score (nSPS) is 16.7. The topological polar surface area (TPSA) is 48.0 Å². The predicted octanol–water partition coefficient (Wildman–Crippen LogP) is 1.78. The smallest absolute Gasteiger partial charge is 0.394 e. The number of halogens is 3. The number of anilines is 1. The Morgan fingerprint density at radius 2 is 2.00 bits per heavy atom. The van der Waals surface area contributed by atoms with Gasteiger partial charge in [-0.3, -0.25) is 4.79 Å². The van der Waals surface area contributed by atoms with Gasteiger partial charge >= 0.3 is 6.18 Å². The summed E-state index contributed by atoms with van der Waals surface area (Å²) >= 11 is 0. The zero-order chi connectivity index (χ0) is 11.2. The molecule has 0 unspecified atom stereocenters. The van der Waals surface area contributed by atoms with Crippen molar-refractivity contribution in [1.82, 2.24) is 4.57 Å². The lowest BCUT2D eigenvalue weighted by molar-refractivity contribution is -0.138. The molecular weight excluding hydrogens is 209 g/mol. The standard InChI is InChI=1S/C9H9F3N2O/c10-9(11,12)5-3-7(13)8(15)14(4-5)6-1-2-6/h3-4,6H,1-2,13H2. The number of hydrogen-bond acceptors (Lipinski definition) is 2. The largest absolute Gasteiger partial charge is 0.417 e. The first-order valence-electron chi connectivity index (χ1n) is 4.48. The second kappa shape index (κ2) is 3.01. The molecule has 0 atom stereocenters. The monoisotopic (exact) mass is 218 g/mol. The summed E-state index contributed by atoms with van der Waals surface area (Å²) in [6, 6.07) is 0.573. The van der Waals surface area contributed by atoms with Crippen LogP contribution in [0.1, 0.15) is 24.4 Å². The molecule has 1 aromatic rings. The maximum atomic E-state index is 12.4. The van der Waals surface area contributed by atoms with Crippen LogP contribution in [0.15, 0.2) is 17.1 Å². The summed E-state index contributed by atoms with van der Waals surface area (Å²) in [5.41, 5.74) is 3.49. The van der Waals surface area contributed by atoms with E-state index in [1.165, 1.54) is 0 Å². The molecular formula is C9H9F3N2O. The average molecular weight is 218 g/mol. The maximum absolute atomic E-state index is 12.4. The Bertz CT molecular complexity index is 446. The van der Waals surface area contributed by atoms with Gasteiger partial charge in [-0.25, -0.2) is 0 Å². The van der Waals surface area contributed by atoms with E-state index < -0.39 is 17.3 Å². The Balaban J connectivity index is 2.56. The van der Waals surface area contributed by atoms with Crippen LogP contribution in [-0.2, 0) is 6.18 Å². The van der Waals surface area contributed by atoms with Crippen molar-refractivity contribution >= 4 is 5.69 Å². The Morgan fingerprint density at radius 3 is 2.47 bits per heavy atom. The van der Waals surface area contributed by atoms with Crippen molar-refractivity contribution in [3.05, 3.63) is 28.2 Å². The van der Waals surface area contributed by atoms with Crippen molar-refractivity contribution in [3.63, 3.8) is 0 Å². The van der Waals surface area contributed by atoms with E-state index in [1.807, 2.05) is 0 Å². The van der Waals surface area contributed by atoms with Gasteiger partial charge in [0.15, 0.2) is 0 Å². The van der Waals surface area contributed by atoms with Crippen LogP contribution >= 0.6 is 0 Å². The second-order valence-corrected chi connectivity index (χ2v) is 3.63. The van der Waals surface area contributed by atoms with E-state index in [1.54, 1.807) is 0 Å². The third-order valence-electron chi connectivity index (χ3n) is 2.34. The first kappa shape index (κ1) is 10.1. The fourth-order valence-electron chi connectivity index (χ4n) is 1.40. The molecule has 1 aliphatic carbocycles. The molecule has 2 N–H and O–H groups in total. The van der Waals surface area contributed by atoms with E-state index >= 15 is 0 Å². The highest BCUT2D eigenvalue weighted by Gasteiger charge is 2.34. The van der Waals surface area contributed by atoms with Crippen LogP contribution in [0.2, 0.25) is 0 Å². The summed E-state index contributed by atoms with van der Waals surface area (Å²) < 4.78 is 38.3. The molecule has 82 valence electrons. The van der Waals surface area contributed by atoms with Crippen molar-refractivity contribution in [2.75, 3.05) is 5.73 Å². The molecule has 0 aromatic carbocycles. The first-order chi connectivity index (χ1) is 6.89. The molecule has 15 heavy (non-hydrogen) atoms. The van der Waals surface area contributed by atoms with Crippen molar-refractivity contribution < 1.29 is 13.2 Å². The molecule has 0 aliphatic heterocycles. The van der Waals surface area contributed by atoms with Gasteiger partial charge in [-0.15, -0.1) is 0 Å². The van der Waals surface area contributed by atoms with Gasteiger partial charge in [-0.05, 0) is 18.9 Å². The number of hydrogen-bond donors (Lipinski definition) is 1. The van der Waals surface area contributed by atoms with Crippen LogP contribution < -0.4 is 11.3 Å². The number of nitrogens with zero attached hydrogens (tertiary/aromatic N) is 1. The first-order valence-corrected chi connectivity index (χ1v) is 4.48. The lowest BCUT2D eigenvalue weighted by Crippen LogP contribution is -2.24. The van der Waals surface area contributed by atoms with Gasteiger partial charge in [-0.1, -0.05) is 0 Å². The van der Waals surface area contributed by atoms with Crippen molar-refractivity contribution in [2.45, 2.75) is 25.1 Å². The average Bonchev–Trinajstić information content (AvgIpc) is 2.90. The molecule has 0 bridgehead atoms. The van der Waals surface area contributed by atoms with Crippen LogP contribution in [0.5, 0.6) is 0 Å². The molecule has 1 aliphatic rings. The predicted molar refractivity (Wildman–Crippen MR) is 48.4 cm³/mol. The molecule has 1 saturated carbocycles. The minimum atomic E-state index is -4.46. The summed E-state index contributed by atoms with van der Waals surface area (Å²) in [6.07, 6.45) is -2.14. The quantitative estimate of drug-likeness (QED) is 0.781. The van der Waals surface area contributed by atoms with E-state index in [0.29, 0.717) is 6.07 Å². The van der Waals surface area contributed by atoms with E-state index in [4.69, 9.17) is 5.73 Å². The van der Waals surface area contributed by atoms with Gasteiger partial charge in [0.05, 0.1) is 11.3 Å². The number of aromatic nitrogens is 1. The fraction of sp³-hybridized carbons (Fsp3) is 0.444. The molecule has 0 spiro atoms. The number of nitrogen functional groups attached to an aromatic ring is 1. The number of rotatable bonds is 1. The Kier molecular flexibility index (Phi) is 2.02. The van der Waals surface area contributed by atoms with Crippen molar-refractivity contribution in [1.29, 1.82) is 0 Å². The van der Waals surface area contributed by atoms with Crippen LogP contribution in [0.25, 0.3) is 0 Å². The number of pyridine rings is 1. The number of alkyl halides is 3. The van der Waals surface area contributed by atoms with Gasteiger partial charge in [-0.2, -0.15) is 13.2 Å². The zero-order valence-corrected chi connectivity index (χ0v) is 7.71. The lowest BCUT2D eigenvalue weighted by Gasteiger charge is -2.11. The van der Waals surface area contributed by atoms with E-state index in [0.717, 1.165) is 23.6 Å².